The molecule has 18 heavy (non-hydrogen) atoms. The van der Waals surface area contributed by atoms with Gasteiger partial charge in [0, 0.05) is 7.05 Å². The van der Waals surface area contributed by atoms with Crippen LogP contribution < -0.4 is 5.32 Å². The topological polar surface area (TPSA) is 24.9 Å². The van der Waals surface area contributed by atoms with Crippen LogP contribution in [0.2, 0.25) is 4.34 Å². The maximum Gasteiger partial charge on any atom is 0.416 e. The number of nitrogens with one attached hydrogen (secondary N) is 1. The largest absolute Gasteiger partial charge is 0.416 e. The number of hydrogen-bond acceptors (Lipinski definition) is 3. The van der Waals surface area contributed by atoms with Crippen LogP contribution in [0.3, 0.4) is 0 Å². The van der Waals surface area contributed by atoms with Gasteiger partial charge in [-0.3, -0.25) is 0 Å². The molecular formula is C11H8ClF3N2S. The summed E-state index contributed by atoms with van der Waals surface area (Å²) < 4.78 is 38.7. The lowest BCUT2D eigenvalue weighted by Crippen LogP contribution is -2.07. The van der Waals surface area contributed by atoms with Crippen molar-refractivity contribution in [3.63, 3.8) is 0 Å². The lowest BCUT2D eigenvalue weighted by atomic mass is 10.2. The zero-order chi connectivity index (χ0) is 13.3. The van der Waals surface area contributed by atoms with E-state index in [-0.39, 0.29) is 11.5 Å². The van der Waals surface area contributed by atoms with E-state index in [2.05, 4.69) is 10.3 Å². The number of anilines is 1. The van der Waals surface area contributed by atoms with Crippen LogP contribution in [0.5, 0.6) is 0 Å². The SMILES string of the molecule is CNc1cc(C(F)(F)F)cc(-c2ccc(Cl)s2)n1. The highest BCUT2D eigenvalue weighted by atomic mass is 35.5. The molecule has 2 aromatic heterocycles. The Morgan fingerprint density at radius 1 is 1.28 bits per heavy atom. The number of nitrogens with zero attached hydrogens (tertiary/aromatic N) is 1. The molecule has 0 radical (unpaired) electrons. The van der Waals surface area contributed by atoms with Crippen LogP contribution in [0, 0.1) is 0 Å². The predicted molar refractivity (Wildman–Crippen MR) is 67.1 cm³/mol. The van der Waals surface area contributed by atoms with E-state index in [1.54, 1.807) is 12.1 Å². The molecule has 0 aliphatic rings. The first-order valence-corrected chi connectivity index (χ1v) is 6.12. The van der Waals surface area contributed by atoms with E-state index >= 15 is 0 Å². The number of thiophene rings is 1. The van der Waals surface area contributed by atoms with Gasteiger partial charge in [-0.15, -0.1) is 11.3 Å². The van der Waals surface area contributed by atoms with Crippen LogP contribution >= 0.6 is 22.9 Å². The lowest BCUT2D eigenvalue weighted by Gasteiger charge is -2.10. The van der Waals surface area contributed by atoms with E-state index in [0.29, 0.717) is 9.21 Å². The van der Waals surface area contributed by atoms with Gasteiger partial charge in [0.2, 0.25) is 0 Å². The molecule has 7 heteroatoms. The minimum Gasteiger partial charge on any atom is -0.373 e. The third kappa shape index (κ3) is 2.76. The van der Waals surface area contributed by atoms with Gasteiger partial charge < -0.3 is 5.32 Å². The molecule has 1 N–H and O–H groups in total. The molecule has 0 amide bonds. The molecule has 0 fully saturated rings. The van der Waals surface area contributed by atoms with Crippen LogP contribution in [0.25, 0.3) is 10.6 Å². The normalized spacial score (nSPS) is 11.6. The Bertz CT molecular complexity index is 566. The van der Waals surface area contributed by atoms with Crippen LogP contribution in [0.15, 0.2) is 24.3 Å². The zero-order valence-electron chi connectivity index (χ0n) is 9.18. The summed E-state index contributed by atoms with van der Waals surface area (Å²) in [7, 11) is 1.52. The summed E-state index contributed by atoms with van der Waals surface area (Å²) in [5.41, 5.74) is -0.479. The van der Waals surface area contributed by atoms with Gasteiger partial charge in [-0.25, -0.2) is 4.98 Å². The number of aromatic nitrogens is 1. The second kappa shape index (κ2) is 4.78. The summed E-state index contributed by atoms with van der Waals surface area (Å²) in [6, 6.07) is 5.26. The molecule has 0 atom stereocenters. The first-order chi connectivity index (χ1) is 8.40. The van der Waals surface area contributed by atoms with E-state index in [0.717, 1.165) is 12.1 Å². The maximum atomic E-state index is 12.7. The fourth-order valence-corrected chi connectivity index (χ4v) is 2.40. The number of halogens is 4. The van der Waals surface area contributed by atoms with Gasteiger partial charge in [0.05, 0.1) is 20.5 Å². The molecule has 0 bridgehead atoms. The first kappa shape index (κ1) is 13.2. The Kier molecular flexibility index (Phi) is 3.49. The molecule has 2 rings (SSSR count). The second-order valence-corrected chi connectivity index (χ2v) is 5.19. The van der Waals surface area contributed by atoms with Gasteiger partial charge in [0.15, 0.2) is 0 Å². The van der Waals surface area contributed by atoms with E-state index in [1.807, 2.05) is 0 Å². The van der Waals surface area contributed by atoms with E-state index in [4.69, 9.17) is 11.6 Å². The molecule has 2 nitrogen and oxygen atoms in total. The second-order valence-electron chi connectivity index (χ2n) is 3.48. The van der Waals surface area contributed by atoms with Crippen molar-refractivity contribution in [3.05, 3.63) is 34.2 Å². The number of pyridine rings is 1. The monoisotopic (exact) mass is 292 g/mol. The highest BCUT2D eigenvalue weighted by molar-refractivity contribution is 7.19. The molecule has 0 saturated carbocycles. The van der Waals surface area contributed by atoms with Crippen molar-refractivity contribution in [1.29, 1.82) is 0 Å². The summed E-state index contributed by atoms with van der Waals surface area (Å²) in [6.45, 7) is 0. The van der Waals surface area contributed by atoms with Crippen molar-refractivity contribution in [2.45, 2.75) is 6.18 Å². The summed E-state index contributed by atoms with van der Waals surface area (Å²) in [4.78, 5) is 4.69. The van der Waals surface area contributed by atoms with Crippen molar-refractivity contribution in [2.24, 2.45) is 0 Å². The van der Waals surface area contributed by atoms with Gasteiger partial charge in [-0.2, -0.15) is 13.2 Å². The fourth-order valence-electron chi connectivity index (χ4n) is 1.40. The van der Waals surface area contributed by atoms with Gasteiger partial charge in [-0.1, -0.05) is 11.6 Å². The van der Waals surface area contributed by atoms with E-state index in [9.17, 15) is 13.2 Å². The Morgan fingerprint density at radius 2 is 2.00 bits per heavy atom. The van der Waals surface area contributed by atoms with Crippen molar-refractivity contribution in [2.75, 3.05) is 12.4 Å². The summed E-state index contributed by atoms with van der Waals surface area (Å²) in [5.74, 6) is 0.171. The van der Waals surface area contributed by atoms with Crippen molar-refractivity contribution in [1.82, 2.24) is 4.98 Å². The molecule has 0 spiro atoms. The lowest BCUT2D eigenvalue weighted by molar-refractivity contribution is -0.137. The summed E-state index contributed by atoms with van der Waals surface area (Å²) in [5, 5.41) is 2.62. The molecule has 0 aliphatic carbocycles. The third-order valence-electron chi connectivity index (χ3n) is 2.23. The standard InChI is InChI=1S/C11H8ClF3N2S/c1-16-10-5-6(11(13,14)15)4-7(17-10)8-2-3-9(12)18-8/h2-5H,1H3,(H,16,17). The molecular weight excluding hydrogens is 285 g/mol. The minimum atomic E-state index is -4.40. The Labute approximate surface area is 110 Å². The Morgan fingerprint density at radius 3 is 2.50 bits per heavy atom. The summed E-state index contributed by atoms with van der Waals surface area (Å²) >= 11 is 6.95. The predicted octanol–water partition coefficient (Wildman–Crippen LogP) is 4.52. The summed E-state index contributed by atoms with van der Waals surface area (Å²) in [6.07, 6.45) is -4.40. The Hall–Kier alpha value is -1.27. The fraction of sp³-hybridized carbons (Fsp3) is 0.182. The molecule has 2 aromatic rings. The average Bonchev–Trinajstić information content (AvgIpc) is 2.74. The average molecular weight is 293 g/mol. The molecule has 96 valence electrons. The number of hydrogen-bond donors (Lipinski definition) is 1. The molecule has 2 heterocycles. The van der Waals surface area contributed by atoms with E-state index < -0.39 is 11.7 Å². The van der Waals surface area contributed by atoms with E-state index in [1.165, 1.54) is 18.4 Å². The first-order valence-electron chi connectivity index (χ1n) is 4.93. The van der Waals surface area contributed by atoms with Gasteiger partial charge in [-0.05, 0) is 24.3 Å². The Balaban J connectivity index is 2.54. The van der Waals surface area contributed by atoms with Crippen LogP contribution in [0.4, 0.5) is 19.0 Å². The van der Waals surface area contributed by atoms with Gasteiger partial charge >= 0.3 is 6.18 Å². The zero-order valence-corrected chi connectivity index (χ0v) is 10.7. The number of alkyl halides is 3. The van der Waals surface area contributed by atoms with Crippen molar-refractivity contribution in [3.8, 4) is 10.6 Å². The van der Waals surface area contributed by atoms with Crippen LogP contribution in [0.1, 0.15) is 5.56 Å². The minimum absolute atomic E-state index is 0.171. The van der Waals surface area contributed by atoms with Crippen molar-refractivity contribution >= 4 is 28.8 Å². The molecule has 0 unspecified atom stereocenters. The quantitative estimate of drug-likeness (QED) is 0.880. The van der Waals surface area contributed by atoms with Crippen molar-refractivity contribution < 1.29 is 13.2 Å². The van der Waals surface area contributed by atoms with Crippen LogP contribution in [-0.2, 0) is 6.18 Å². The smallest absolute Gasteiger partial charge is 0.373 e. The maximum absolute atomic E-state index is 12.7. The molecule has 0 saturated heterocycles. The third-order valence-corrected chi connectivity index (χ3v) is 3.49. The molecule has 0 aliphatic heterocycles. The van der Waals surface area contributed by atoms with Gasteiger partial charge in [0.25, 0.3) is 0 Å². The highest BCUT2D eigenvalue weighted by Crippen LogP contribution is 2.36. The van der Waals surface area contributed by atoms with Gasteiger partial charge in [0.1, 0.15) is 5.82 Å². The van der Waals surface area contributed by atoms with Crippen LogP contribution in [-0.4, -0.2) is 12.0 Å². The number of rotatable bonds is 2. The molecule has 0 aromatic carbocycles. The highest BCUT2D eigenvalue weighted by Gasteiger charge is 2.31.